The van der Waals surface area contributed by atoms with Gasteiger partial charge in [-0.25, -0.2) is 8.42 Å². The van der Waals surface area contributed by atoms with Gasteiger partial charge in [0, 0.05) is 10.5 Å². The van der Waals surface area contributed by atoms with Crippen LogP contribution in [-0.2, 0) is 9.84 Å². The Balaban J connectivity index is 2.56. The summed E-state index contributed by atoms with van der Waals surface area (Å²) in [6.45, 7) is 1.80. The van der Waals surface area contributed by atoms with Crippen LogP contribution in [0.1, 0.15) is 18.9 Å². The number of fused-ring (bicyclic) bond motifs is 1. The molecular weight excluding hydrogens is 290 g/mol. The topological polar surface area (TPSA) is 60.2 Å². The first-order chi connectivity index (χ1) is 7.43. The van der Waals surface area contributed by atoms with Gasteiger partial charge >= 0.3 is 0 Å². The predicted molar refractivity (Wildman–Crippen MR) is 67.6 cm³/mol. The molecule has 2 rings (SSSR count). The van der Waals surface area contributed by atoms with Crippen LogP contribution in [0.15, 0.2) is 32.5 Å². The van der Waals surface area contributed by atoms with Crippen molar-refractivity contribution in [3.05, 3.63) is 33.1 Å². The summed E-state index contributed by atoms with van der Waals surface area (Å²) in [5.74, 6) is 0. The maximum absolute atomic E-state index is 12.2. The van der Waals surface area contributed by atoms with Gasteiger partial charge in [0.25, 0.3) is 0 Å². The molecule has 1 atom stereocenters. The summed E-state index contributed by atoms with van der Waals surface area (Å²) in [5.41, 5.74) is 6.39. The van der Waals surface area contributed by atoms with E-state index >= 15 is 0 Å². The van der Waals surface area contributed by atoms with Gasteiger partial charge in [0.15, 0.2) is 0 Å². The lowest BCUT2D eigenvalue weighted by Crippen LogP contribution is -2.17. The Labute approximate surface area is 103 Å². The SMILES string of the molecule is CC(N)CC1=Cc2cccc(Br)c2S1(=O)=O. The largest absolute Gasteiger partial charge is 0.328 e. The van der Waals surface area contributed by atoms with Crippen LogP contribution in [0.25, 0.3) is 6.08 Å². The van der Waals surface area contributed by atoms with Gasteiger partial charge in [0.2, 0.25) is 9.84 Å². The highest BCUT2D eigenvalue weighted by Gasteiger charge is 2.31. The highest BCUT2D eigenvalue weighted by atomic mass is 79.9. The van der Waals surface area contributed by atoms with E-state index in [1.807, 2.05) is 6.07 Å². The van der Waals surface area contributed by atoms with Crippen LogP contribution in [-0.4, -0.2) is 14.5 Å². The zero-order chi connectivity index (χ0) is 11.9. The molecule has 0 radical (unpaired) electrons. The van der Waals surface area contributed by atoms with Gasteiger partial charge in [0.1, 0.15) is 0 Å². The summed E-state index contributed by atoms with van der Waals surface area (Å²) in [7, 11) is -3.34. The second-order valence-electron chi connectivity index (χ2n) is 3.95. The average molecular weight is 302 g/mol. The number of sulfone groups is 1. The molecule has 1 aromatic carbocycles. The van der Waals surface area contributed by atoms with Crippen molar-refractivity contribution < 1.29 is 8.42 Å². The van der Waals surface area contributed by atoms with Gasteiger partial charge in [-0.05, 0) is 47.0 Å². The maximum Gasteiger partial charge on any atom is 0.204 e. The van der Waals surface area contributed by atoms with E-state index in [-0.39, 0.29) is 6.04 Å². The lowest BCUT2D eigenvalue weighted by atomic mass is 10.1. The second-order valence-corrected chi connectivity index (χ2v) is 6.75. The van der Waals surface area contributed by atoms with Crippen LogP contribution in [0.5, 0.6) is 0 Å². The summed E-state index contributed by atoms with van der Waals surface area (Å²) >= 11 is 3.27. The van der Waals surface area contributed by atoms with E-state index in [2.05, 4.69) is 15.9 Å². The number of benzene rings is 1. The number of rotatable bonds is 2. The van der Waals surface area contributed by atoms with Gasteiger partial charge < -0.3 is 5.73 Å². The molecule has 0 saturated carbocycles. The van der Waals surface area contributed by atoms with Crippen LogP contribution in [0.3, 0.4) is 0 Å². The molecule has 0 saturated heterocycles. The monoisotopic (exact) mass is 301 g/mol. The van der Waals surface area contributed by atoms with E-state index < -0.39 is 9.84 Å². The lowest BCUT2D eigenvalue weighted by molar-refractivity contribution is 0.598. The minimum Gasteiger partial charge on any atom is -0.328 e. The van der Waals surface area contributed by atoms with Crippen LogP contribution in [0.4, 0.5) is 0 Å². The molecule has 0 amide bonds. The molecule has 0 bridgehead atoms. The third-order valence-corrected chi connectivity index (χ3v) is 5.34. The van der Waals surface area contributed by atoms with Crippen molar-refractivity contribution in [2.45, 2.75) is 24.3 Å². The molecular formula is C11H12BrNO2S. The molecule has 1 unspecified atom stereocenters. The van der Waals surface area contributed by atoms with Gasteiger partial charge in [0.05, 0.1) is 9.80 Å². The Morgan fingerprint density at radius 1 is 1.44 bits per heavy atom. The van der Waals surface area contributed by atoms with Crippen molar-refractivity contribution in [1.82, 2.24) is 0 Å². The molecule has 1 aromatic rings. The molecule has 0 aliphatic carbocycles. The first kappa shape index (κ1) is 11.8. The number of nitrogens with two attached hydrogens (primary N) is 1. The third kappa shape index (κ3) is 1.83. The highest BCUT2D eigenvalue weighted by Crippen LogP contribution is 2.39. The molecule has 16 heavy (non-hydrogen) atoms. The average Bonchev–Trinajstić information content (AvgIpc) is 2.38. The van der Waals surface area contributed by atoms with Gasteiger partial charge in [-0.15, -0.1) is 0 Å². The van der Waals surface area contributed by atoms with Crippen molar-refractivity contribution in [3.63, 3.8) is 0 Å². The van der Waals surface area contributed by atoms with Crippen molar-refractivity contribution in [2.24, 2.45) is 5.73 Å². The quantitative estimate of drug-likeness (QED) is 0.912. The molecule has 1 aliphatic rings. The Hall–Kier alpha value is -0.650. The van der Waals surface area contributed by atoms with E-state index in [4.69, 9.17) is 5.73 Å². The molecule has 1 heterocycles. The molecule has 0 aromatic heterocycles. The maximum atomic E-state index is 12.2. The molecule has 0 spiro atoms. The normalized spacial score (nSPS) is 19.1. The van der Waals surface area contributed by atoms with Crippen molar-refractivity contribution >= 4 is 31.8 Å². The smallest absolute Gasteiger partial charge is 0.204 e. The molecule has 1 aliphatic heterocycles. The standard InChI is InChI=1S/C11H12BrNO2S/c1-7(13)5-9-6-8-3-2-4-10(12)11(8)16(9,14)15/h2-4,6-7H,5,13H2,1H3. The predicted octanol–water partition coefficient (Wildman–Crippen LogP) is 2.31. The van der Waals surface area contributed by atoms with Gasteiger partial charge in [-0.1, -0.05) is 12.1 Å². The van der Waals surface area contributed by atoms with Crippen molar-refractivity contribution in [1.29, 1.82) is 0 Å². The van der Waals surface area contributed by atoms with E-state index in [9.17, 15) is 8.42 Å². The van der Waals surface area contributed by atoms with Gasteiger partial charge in [-0.3, -0.25) is 0 Å². The Bertz CT molecular complexity index is 561. The van der Waals surface area contributed by atoms with Crippen LogP contribution >= 0.6 is 15.9 Å². The Morgan fingerprint density at radius 3 is 2.69 bits per heavy atom. The summed E-state index contributed by atoms with van der Waals surface area (Å²) in [5, 5.41) is 0. The van der Waals surface area contributed by atoms with Crippen molar-refractivity contribution in [2.75, 3.05) is 0 Å². The summed E-state index contributed by atoms with van der Waals surface area (Å²) in [4.78, 5) is 0.773. The molecule has 86 valence electrons. The molecule has 3 nitrogen and oxygen atoms in total. The number of hydrogen-bond donors (Lipinski definition) is 1. The summed E-state index contributed by atoms with van der Waals surface area (Å²) in [6, 6.07) is 5.20. The first-order valence-corrected chi connectivity index (χ1v) is 7.20. The molecule has 2 N–H and O–H groups in total. The zero-order valence-corrected chi connectivity index (χ0v) is 11.2. The van der Waals surface area contributed by atoms with Crippen LogP contribution in [0.2, 0.25) is 0 Å². The Morgan fingerprint density at radius 2 is 2.12 bits per heavy atom. The Kier molecular flexibility index (Phi) is 2.94. The first-order valence-electron chi connectivity index (χ1n) is 4.92. The van der Waals surface area contributed by atoms with Gasteiger partial charge in [-0.2, -0.15) is 0 Å². The highest BCUT2D eigenvalue weighted by molar-refractivity contribution is 9.10. The molecule has 5 heteroatoms. The summed E-state index contributed by atoms with van der Waals surface area (Å²) in [6.07, 6.45) is 2.09. The lowest BCUT2D eigenvalue weighted by Gasteiger charge is -2.07. The fourth-order valence-electron chi connectivity index (χ4n) is 1.79. The summed E-state index contributed by atoms with van der Waals surface area (Å²) < 4.78 is 25.0. The van der Waals surface area contributed by atoms with E-state index in [0.29, 0.717) is 20.7 Å². The number of halogens is 1. The third-order valence-electron chi connectivity index (χ3n) is 2.45. The molecule has 0 fully saturated rings. The van der Waals surface area contributed by atoms with E-state index in [1.165, 1.54) is 0 Å². The zero-order valence-electron chi connectivity index (χ0n) is 8.77. The van der Waals surface area contributed by atoms with E-state index in [1.54, 1.807) is 25.1 Å². The fraction of sp³-hybridized carbons (Fsp3) is 0.273. The van der Waals surface area contributed by atoms with Crippen molar-refractivity contribution in [3.8, 4) is 0 Å². The second kappa shape index (κ2) is 3.98. The number of hydrogen-bond acceptors (Lipinski definition) is 3. The minimum atomic E-state index is -3.34. The van der Waals surface area contributed by atoms with E-state index in [0.717, 1.165) is 5.56 Å². The van der Waals surface area contributed by atoms with Crippen LogP contribution < -0.4 is 5.73 Å². The minimum absolute atomic E-state index is 0.158. The fourth-order valence-corrected chi connectivity index (χ4v) is 4.60. The van der Waals surface area contributed by atoms with Crippen LogP contribution in [0, 0.1) is 0 Å².